The Hall–Kier alpha value is -1.12. The molecule has 1 rings (SSSR count). The molecule has 0 aromatic heterocycles. The number of rotatable bonds is 3. The molecule has 1 aromatic carbocycles. The summed E-state index contributed by atoms with van der Waals surface area (Å²) in [5, 5.41) is 2.31. The summed E-state index contributed by atoms with van der Waals surface area (Å²) in [7, 11) is -3.52. The predicted octanol–water partition coefficient (Wildman–Crippen LogP) is 0.765. The molecule has 82 valence electrons. The number of anilines is 1. The fraction of sp³-hybridized carbons (Fsp3) is 0. The Labute approximate surface area is 95.2 Å². The van der Waals surface area contributed by atoms with E-state index in [1.165, 1.54) is 24.3 Å². The molecule has 4 N–H and O–H groups in total. The van der Waals surface area contributed by atoms with Crippen LogP contribution in [0.4, 0.5) is 10.5 Å². The first-order chi connectivity index (χ1) is 6.95. The molecule has 15 heavy (non-hydrogen) atoms. The summed E-state index contributed by atoms with van der Waals surface area (Å²) in [4.78, 5) is 10.6. The highest BCUT2D eigenvalue weighted by Crippen LogP contribution is 2.14. The predicted molar refractivity (Wildman–Crippen MR) is 58.9 cm³/mol. The SMILES string of the molecule is NC(=O)Nc1ccc(S(=O)(=O)NBr)cc1. The number of carbonyl (C=O) groups excluding carboxylic acids is 1. The van der Waals surface area contributed by atoms with Gasteiger partial charge in [-0.25, -0.2) is 13.2 Å². The number of halogens is 1. The fourth-order valence-corrected chi connectivity index (χ4v) is 2.05. The molecule has 0 spiro atoms. The zero-order valence-electron chi connectivity index (χ0n) is 7.40. The van der Waals surface area contributed by atoms with Crippen molar-refractivity contribution in [2.45, 2.75) is 4.90 Å². The first kappa shape index (κ1) is 12.0. The van der Waals surface area contributed by atoms with E-state index in [0.29, 0.717) is 5.69 Å². The van der Waals surface area contributed by atoms with Crippen molar-refractivity contribution in [1.29, 1.82) is 0 Å². The number of hydrogen-bond donors (Lipinski definition) is 3. The van der Waals surface area contributed by atoms with Crippen LogP contribution < -0.4 is 14.8 Å². The number of amides is 2. The molecule has 0 radical (unpaired) electrons. The van der Waals surface area contributed by atoms with Crippen LogP contribution in [0, 0.1) is 0 Å². The normalized spacial score (nSPS) is 11.0. The van der Waals surface area contributed by atoms with E-state index in [9.17, 15) is 13.2 Å². The van der Waals surface area contributed by atoms with Crippen LogP contribution in [-0.2, 0) is 10.0 Å². The summed E-state index contributed by atoms with van der Waals surface area (Å²) < 4.78 is 24.5. The first-order valence-corrected chi connectivity index (χ1v) is 6.02. The number of hydrogen-bond acceptors (Lipinski definition) is 3. The molecule has 8 heteroatoms. The zero-order chi connectivity index (χ0) is 11.5. The lowest BCUT2D eigenvalue weighted by Crippen LogP contribution is -2.19. The second kappa shape index (κ2) is 4.60. The van der Waals surface area contributed by atoms with Gasteiger partial charge in [0.25, 0.3) is 0 Å². The molecule has 1 aromatic rings. The van der Waals surface area contributed by atoms with Crippen LogP contribution in [0.5, 0.6) is 0 Å². The van der Waals surface area contributed by atoms with Crippen molar-refractivity contribution in [2.75, 3.05) is 5.32 Å². The maximum Gasteiger partial charge on any atom is 0.316 e. The minimum atomic E-state index is -3.52. The molecule has 0 atom stereocenters. The second-order valence-electron chi connectivity index (χ2n) is 2.59. The largest absolute Gasteiger partial charge is 0.351 e. The molecular weight excluding hydrogens is 286 g/mol. The van der Waals surface area contributed by atoms with E-state index in [0.717, 1.165) is 0 Å². The van der Waals surface area contributed by atoms with Gasteiger partial charge in [0.05, 0.1) is 4.90 Å². The van der Waals surface area contributed by atoms with Crippen LogP contribution in [0.2, 0.25) is 0 Å². The summed E-state index contributed by atoms with van der Waals surface area (Å²) in [6.07, 6.45) is 0. The van der Waals surface area contributed by atoms with Gasteiger partial charge in [-0.2, -0.15) is 0 Å². The van der Waals surface area contributed by atoms with E-state index in [2.05, 4.69) is 21.5 Å². The van der Waals surface area contributed by atoms with Crippen LogP contribution in [0.1, 0.15) is 0 Å². The molecule has 0 bridgehead atoms. The van der Waals surface area contributed by atoms with Gasteiger partial charge in [-0.3, -0.25) is 0 Å². The topological polar surface area (TPSA) is 101 Å². The Bertz CT molecular complexity index is 457. The van der Waals surface area contributed by atoms with Gasteiger partial charge < -0.3 is 11.1 Å². The third-order valence-electron chi connectivity index (χ3n) is 1.53. The highest BCUT2D eigenvalue weighted by Gasteiger charge is 2.11. The molecular formula is C7H8BrN3O3S. The Balaban J connectivity index is 2.95. The van der Waals surface area contributed by atoms with Crippen LogP contribution in [-0.4, -0.2) is 14.4 Å². The maximum absolute atomic E-state index is 11.3. The van der Waals surface area contributed by atoms with Crippen LogP contribution in [0.3, 0.4) is 0 Å². The quantitative estimate of drug-likeness (QED) is 0.717. The third-order valence-corrected chi connectivity index (χ3v) is 3.91. The van der Waals surface area contributed by atoms with E-state index in [-0.39, 0.29) is 4.90 Å². The van der Waals surface area contributed by atoms with Gasteiger partial charge in [-0.1, -0.05) is 0 Å². The van der Waals surface area contributed by atoms with E-state index >= 15 is 0 Å². The molecule has 0 saturated carbocycles. The minimum Gasteiger partial charge on any atom is -0.351 e. The van der Waals surface area contributed by atoms with Crippen LogP contribution in [0.25, 0.3) is 0 Å². The molecule has 0 aliphatic heterocycles. The molecule has 0 aliphatic rings. The van der Waals surface area contributed by atoms with Crippen molar-refractivity contribution < 1.29 is 13.2 Å². The molecule has 0 fully saturated rings. The van der Waals surface area contributed by atoms with Gasteiger partial charge in [0.15, 0.2) is 0 Å². The van der Waals surface area contributed by atoms with Crippen molar-refractivity contribution in [3.05, 3.63) is 24.3 Å². The number of sulfonamides is 1. The van der Waals surface area contributed by atoms with Crippen molar-refractivity contribution in [1.82, 2.24) is 3.75 Å². The molecule has 0 saturated heterocycles. The van der Waals surface area contributed by atoms with Crippen molar-refractivity contribution >= 4 is 37.9 Å². The van der Waals surface area contributed by atoms with Crippen molar-refractivity contribution in [2.24, 2.45) is 5.73 Å². The smallest absolute Gasteiger partial charge is 0.316 e. The number of nitrogens with two attached hydrogens (primary N) is 1. The van der Waals surface area contributed by atoms with Crippen LogP contribution >= 0.6 is 16.1 Å². The summed E-state index contributed by atoms with van der Waals surface area (Å²) in [5.41, 5.74) is 5.31. The number of carbonyl (C=O) groups is 1. The fourth-order valence-electron chi connectivity index (χ4n) is 0.904. The first-order valence-electron chi connectivity index (χ1n) is 3.74. The molecule has 6 nitrogen and oxygen atoms in total. The summed E-state index contributed by atoms with van der Waals surface area (Å²) in [6.45, 7) is 0. The number of urea groups is 1. The standard InChI is InChI=1S/C7H8BrN3O3S/c8-11-15(13,14)6-3-1-5(2-4-6)10-7(9)12/h1-4,11H,(H3,9,10,12). The van der Waals surface area contributed by atoms with Gasteiger partial charge in [0.2, 0.25) is 10.0 Å². The molecule has 0 unspecified atom stereocenters. The lowest BCUT2D eigenvalue weighted by molar-refractivity contribution is 0.259. The average molecular weight is 294 g/mol. The van der Waals surface area contributed by atoms with Crippen LogP contribution in [0.15, 0.2) is 29.2 Å². The lowest BCUT2D eigenvalue weighted by atomic mass is 10.3. The van der Waals surface area contributed by atoms with Gasteiger partial charge in [0.1, 0.15) is 0 Å². The van der Waals surface area contributed by atoms with Crippen molar-refractivity contribution in [3.63, 3.8) is 0 Å². The Morgan fingerprint density at radius 2 is 1.80 bits per heavy atom. The van der Waals surface area contributed by atoms with Gasteiger partial charge >= 0.3 is 6.03 Å². The van der Waals surface area contributed by atoms with E-state index in [1.807, 2.05) is 3.75 Å². The van der Waals surface area contributed by atoms with Gasteiger partial charge in [0, 0.05) is 21.8 Å². The number of primary amides is 1. The Morgan fingerprint density at radius 1 is 1.27 bits per heavy atom. The molecule has 2 amide bonds. The van der Waals surface area contributed by atoms with E-state index in [1.54, 1.807) is 0 Å². The highest BCUT2D eigenvalue weighted by atomic mass is 79.9. The number of nitrogens with one attached hydrogen (secondary N) is 2. The van der Waals surface area contributed by atoms with Crippen molar-refractivity contribution in [3.8, 4) is 0 Å². The van der Waals surface area contributed by atoms with E-state index < -0.39 is 16.1 Å². The summed E-state index contributed by atoms with van der Waals surface area (Å²) in [6, 6.07) is 4.84. The summed E-state index contributed by atoms with van der Waals surface area (Å²) in [5.74, 6) is 0. The number of benzene rings is 1. The monoisotopic (exact) mass is 293 g/mol. The van der Waals surface area contributed by atoms with E-state index in [4.69, 9.17) is 5.73 Å². The van der Waals surface area contributed by atoms with Gasteiger partial charge in [-0.05, 0) is 24.3 Å². The molecule has 0 heterocycles. The zero-order valence-corrected chi connectivity index (χ0v) is 9.80. The highest BCUT2D eigenvalue weighted by molar-refractivity contribution is 9.09. The maximum atomic E-state index is 11.3. The Morgan fingerprint density at radius 3 is 2.20 bits per heavy atom. The second-order valence-corrected chi connectivity index (χ2v) is 5.20. The van der Waals surface area contributed by atoms with Gasteiger partial charge in [-0.15, -0.1) is 3.75 Å². The lowest BCUT2D eigenvalue weighted by Gasteiger charge is -2.03. The molecule has 0 aliphatic carbocycles. The Kier molecular flexibility index (Phi) is 3.66. The minimum absolute atomic E-state index is 0.0781. The average Bonchev–Trinajstić information content (AvgIpc) is 2.18. The third kappa shape index (κ3) is 3.18. The summed E-state index contributed by atoms with van der Waals surface area (Å²) >= 11 is 2.64.